The summed E-state index contributed by atoms with van der Waals surface area (Å²) in [6.07, 6.45) is 5.99. The van der Waals surface area contributed by atoms with Gasteiger partial charge in [0.25, 0.3) is 0 Å². The summed E-state index contributed by atoms with van der Waals surface area (Å²) < 4.78 is 0. The van der Waals surface area contributed by atoms with Crippen LogP contribution in [0, 0.1) is 0 Å². The van der Waals surface area contributed by atoms with Crippen molar-refractivity contribution in [2.24, 2.45) is 0 Å². The summed E-state index contributed by atoms with van der Waals surface area (Å²) in [6, 6.07) is 0. The van der Waals surface area contributed by atoms with E-state index in [0.717, 1.165) is 5.57 Å². The summed E-state index contributed by atoms with van der Waals surface area (Å²) >= 11 is 0. The standard InChI is InChI=1S/C7H7O/c1-6-2-4-7(8)5-3-6/h2-5,7H,1H2. The van der Waals surface area contributed by atoms with E-state index in [1.54, 1.807) is 24.3 Å². The second-order valence-corrected chi connectivity index (χ2v) is 1.76. The zero-order chi connectivity index (χ0) is 5.98. The molecule has 0 saturated carbocycles. The van der Waals surface area contributed by atoms with E-state index in [1.165, 1.54) is 0 Å². The van der Waals surface area contributed by atoms with Gasteiger partial charge in [-0.1, -0.05) is 18.7 Å². The van der Waals surface area contributed by atoms with Crippen molar-refractivity contribution < 1.29 is 5.11 Å². The Balaban J connectivity index is 2.68. The van der Waals surface area contributed by atoms with Gasteiger partial charge in [0, 0.05) is 0 Å². The molecule has 0 saturated heterocycles. The van der Waals surface area contributed by atoms with Crippen molar-refractivity contribution in [2.45, 2.75) is 6.10 Å². The van der Waals surface area contributed by atoms with Crippen LogP contribution in [0.3, 0.4) is 0 Å². The van der Waals surface area contributed by atoms with Crippen molar-refractivity contribution in [3.8, 4) is 0 Å². The van der Waals surface area contributed by atoms with E-state index in [4.69, 9.17) is 0 Å². The van der Waals surface area contributed by atoms with Gasteiger partial charge in [-0.15, -0.1) is 0 Å². The lowest BCUT2D eigenvalue weighted by Crippen LogP contribution is -1.96. The van der Waals surface area contributed by atoms with Gasteiger partial charge >= 0.3 is 0 Å². The van der Waals surface area contributed by atoms with Crippen LogP contribution in [-0.4, -0.2) is 6.10 Å². The van der Waals surface area contributed by atoms with Gasteiger partial charge in [-0.3, -0.25) is 0 Å². The van der Waals surface area contributed by atoms with Crippen LogP contribution in [0.2, 0.25) is 0 Å². The third kappa shape index (κ3) is 1.07. The molecule has 0 atom stereocenters. The van der Waals surface area contributed by atoms with Gasteiger partial charge in [-0.05, 0) is 17.7 Å². The van der Waals surface area contributed by atoms with Gasteiger partial charge in [0.15, 0.2) is 0 Å². The molecule has 1 heteroatoms. The molecule has 0 aromatic carbocycles. The number of hydrogen-bond donors (Lipinski definition) is 0. The van der Waals surface area contributed by atoms with E-state index >= 15 is 0 Å². The van der Waals surface area contributed by atoms with Crippen LogP contribution in [0.15, 0.2) is 36.5 Å². The Kier molecular flexibility index (Phi) is 1.31. The quantitative estimate of drug-likeness (QED) is 0.446. The molecule has 1 radical (unpaired) electrons. The average Bonchev–Trinajstić information content (AvgIpc) is 1.77. The van der Waals surface area contributed by atoms with Crippen LogP contribution in [0.5, 0.6) is 0 Å². The third-order valence-electron chi connectivity index (χ3n) is 1.000. The maximum atomic E-state index is 10.5. The predicted octanol–water partition coefficient (Wildman–Crippen LogP) is 1.47. The maximum Gasteiger partial charge on any atom is 0.130 e. The summed E-state index contributed by atoms with van der Waals surface area (Å²) in [7, 11) is 0. The Labute approximate surface area is 48.6 Å². The Morgan fingerprint density at radius 2 is 1.88 bits per heavy atom. The van der Waals surface area contributed by atoms with E-state index in [0.29, 0.717) is 0 Å². The van der Waals surface area contributed by atoms with E-state index < -0.39 is 6.10 Å². The average molecular weight is 107 g/mol. The van der Waals surface area contributed by atoms with Crippen molar-refractivity contribution >= 4 is 0 Å². The molecule has 8 heavy (non-hydrogen) atoms. The third-order valence-corrected chi connectivity index (χ3v) is 1.000. The van der Waals surface area contributed by atoms with Crippen LogP contribution < -0.4 is 0 Å². The summed E-state index contributed by atoms with van der Waals surface area (Å²) in [4.78, 5) is 0. The minimum absolute atomic E-state index is 0.652. The Bertz CT molecular complexity index is 138. The smallest absolute Gasteiger partial charge is 0.130 e. The number of allylic oxidation sites excluding steroid dienone is 3. The molecule has 1 aliphatic rings. The molecular formula is C7H7O. The van der Waals surface area contributed by atoms with Crippen molar-refractivity contribution in [2.75, 3.05) is 0 Å². The fourth-order valence-electron chi connectivity index (χ4n) is 0.557. The first-order chi connectivity index (χ1) is 3.79. The van der Waals surface area contributed by atoms with Gasteiger partial charge in [0.1, 0.15) is 6.10 Å². The normalized spacial score (nSPS) is 19.9. The Morgan fingerprint density at radius 3 is 2.25 bits per heavy atom. The molecule has 0 unspecified atom stereocenters. The maximum absolute atomic E-state index is 10.5. The van der Waals surface area contributed by atoms with Crippen molar-refractivity contribution in [3.05, 3.63) is 36.5 Å². The van der Waals surface area contributed by atoms with Crippen molar-refractivity contribution in [1.82, 2.24) is 0 Å². The second kappa shape index (κ2) is 1.97. The van der Waals surface area contributed by atoms with E-state index in [1.807, 2.05) is 0 Å². The Morgan fingerprint density at radius 1 is 1.38 bits per heavy atom. The molecule has 0 bridgehead atoms. The van der Waals surface area contributed by atoms with Crippen LogP contribution >= 0.6 is 0 Å². The van der Waals surface area contributed by atoms with E-state index in [2.05, 4.69) is 6.58 Å². The molecule has 0 heterocycles. The lowest BCUT2D eigenvalue weighted by atomic mass is 10.1. The molecule has 1 aliphatic carbocycles. The topological polar surface area (TPSA) is 19.9 Å². The van der Waals surface area contributed by atoms with Gasteiger partial charge in [0.2, 0.25) is 0 Å². The van der Waals surface area contributed by atoms with E-state index in [9.17, 15) is 5.11 Å². The minimum Gasteiger partial charge on any atom is -0.224 e. The Hall–Kier alpha value is -0.820. The highest BCUT2D eigenvalue weighted by Crippen LogP contribution is 2.05. The molecule has 1 nitrogen and oxygen atoms in total. The highest BCUT2D eigenvalue weighted by molar-refractivity contribution is 5.33. The first-order valence-corrected chi connectivity index (χ1v) is 2.50. The van der Waals surface area contributed by atoms with Gasteiger partial charge in [-0.2, -0.15) is 0 Å². The van der Waals surface area contributed by atoms with E-state index in [-0.39, 0.29) is 0 Å². The van der Waals surface area contributed by atoms with Gasteiger partial charge in [0.05, 0.1) is 0 Å². The molecule has 0 N–H and O–H groups in total. The first kappa shape index (κ1) is 5.32. The number of hydrogen-bond acceptors (Lipinski definition) is 0. The first-order valence-electron chi connectivity index (χ1n) is 2.50. The van der Waals surface area contributed by atoms with Gasteiger partial charge < -0.3 is 0 Å². The fraction of sp³-hybridized carbons (Fsp3) is 0.143. The molecule has 0 amide bonds. The zero-order valence-electron chi connectivity index (χ0n) is 4.50. The second-order valence-electron chi connectivity index (χ2n) is 1.76. The zero-order valence-corrected chi connectivity index (χ0v) is 4.50. The summed E-state index contributed by atoms with van der Waals surface area (Å²) in [5.74, 6) is 0. The fourth-order valence-corrected chi connectivity index (χ4v) is 0.557. The molecular weight excluding hydrogens is 100 g/mol. The highest BCUT2D eigenvalue weighted by Gasteiger charge is 1.97. The predicted molar refractivity (Wildman–Crippen MR) is 31.9 cm³/mol. The molecule has 0 fully saturated rings. The van der Waals surface area contributed by atoms with Crippen LogP contribution in [0.4, 0.5) is 0 Å². The van der Waals surface area contributed by atoms with Crippen molar-refractivity contribution in [1.29, 1.82) is 0 Å². The van der Waals surface area contributed by atoms with Crippen LogP contribution in [0.25, 0.3) is 0 Å². The minimum atomic E-state index is -0.652. The van der Waals surface area contributed by atoms with Crippen LogP contribution in [-0.2, 0) is 5.11 Å². The molecule has 0 aromatic rings. The largest absolute Gasteiger partial charge is 0.224 e. The molecule has 0 spiro atoms. The number of rotatable bonds is 0. The monoisotopic (exact) mass is 107 g/mol. The summed E-state index contributed by atoms with van der Waals surface area (Å²) in [5, 5.41) is 10.5. The molecule has 1 rings (SSSR count). The SMILES string of the molecule is C=C1C=CC([O])C=C1. The lowest BCUT2D eigenvalue weighted by molar-refractivity contribution is 0.169. The summed E-state index contributed by atoms with van der Waals surface area (Å²) in [6.45, 7) is 3.64. The lowest BCUT2D eigenvalue weighted by Gasteiger charge is -1.99. The molecule has 0 aliphatic heterocycles. The van der Waals surface area contributed by atoms with Crippen LogP contribution in [0.1, 0.15) is 0 Å². The van der Waals surface area contributed by atoms with Gasteiger partial charge in [-0.25, -0.2) is 5.11 Å². The molecule has 41 valence electrons. The van der Waals surface area contributed by atoms with Crippen molar-refractivity contribution in [3.63, 3.8) is 0 Å². The molecule has 0 aromatic heterocycles. The highest BCUT2D eigenvalue weighted by atomic mass is 16.3. The summed E-state index contributed by atoms with van der Waals surface area (Å²) in [5.41, 5.74) is 0.900.